The highest BCUT2D eigenvalue weighted by atomic mass is 16.3. The molecule has 3 aromatic rings. The Morgan fingerprint density at radius 2 is 1.28 bits per heavy atom. The number of allylic oxidation sites excluding steroid dienone is 1. The van der Waals surface area contributed by atoms with Gasteiger partial charge in [0.25, 0.3) is 0 Å². The van der Waals surface area contributed by atoms with Gasteiger partial charge in [-0.25, -0.2) is 0 Å². The molecule has 2 nitrogen and oxygen atoms in total. The lowest BCUT2D eigenvalue weighted by atomic mass is 9.47. The van der Waals surface area contributed by atoms with Crippen molar-refractivity contribution in [1.82, 2.24) is 0 Å². The molecule has 0 spiro atoms. The molecule has 4 aliphatic rings. The number of benzene rings is 3. The van der Waals surface area contributed by atoms with Crippen molar-refractivity contribution in [2.24, 2.45) is 46.3 Å². The van der Waals surface area contributed by atoms with Gasteiger partial charge in [-0.2, -0.15) is 0 Å². The van der Waals surface area contributed by atoms with Crippen molar-refractivity contribution in [3.05, 3.63) is 103 Å². The Morgan fingerprint density at radius 1 is 0.702 bits per heavy atom. The van der Waals surface area contributed by atoms with E-state index >= 15 is 0 Å². The van der Waals surface area contributed by atoms with Gasteiger partial charge in [0.1, 0.15) is 0 Å². The van der Waals surface area contributed by atoms with Gasteiger partial charge in [-0.1, -0.05) is 120 Å². The van der Waals surface area contributed by atoms with Crippen LogP contribution in [-0.4, -0.2) is 11.2 Å². The quantitative estimate of drug-likeness (QED) is 0.250. The zero-order valence-electron chi connectivity index (χ0n) is 30.0. The normalized spacial score (nSPS) is 31.8. The van der Waals surface area contributed by atoms with E-state index in [1.165, 1.54) is 74.8 Å². The average molecular weight is 632 g/mol. The minimum absolute atomic E-state index is 0.0766. The van der Waals surface area contributed by atoms with Crippen LogP contribution in [0.2, 0.25) is 0 Å². The van der Waals surface area contributed by atoms with Gasteiger partial charge in [0, 0.05) is 17.1 Å². The highest BCUT2D eigenvalue weighted by Gasteiger charge is 2.59. The third-order valence-corrected chi connectivity index (χ3v) is 13.3. The number of aliphatic hydroxyl groups excluding tert-OH is 1. The Kier molecular flexibility index (Phi) is 10.7. The topological polar surface area (TPSA) is 23.5 Å². The van der Waals surface area contributed by atoms with Crippen LogP contribution in [0.5, 0.6) is 0 Å². The van der Waals surface area contributed by atoms with Crippen LogP contribution in [0.15, 0.2) is 103 Å². The fourth-order valence-electron chi connectivity index (χ4n) is 10.8. The first-order valence-corrected chi connectivity index (χ1v) is 19.0. The van der Waals surface area contributed by atoms with E-state index < -0.39 is 0 Å². The molecule has 2 heteroatoms. The van der Waals surface area contributed by atoms with Crippen LogP contribution in [0.25, 0.3) is 0 Å². The molecule has 8 atom stereocenters. The fraction of sp³-hybridized carbons (Fsp3) is 0.556. The Hall–Kier alpha value is -2.84. The summed E-state index contributed by atoms with van der Waals surface area (Å²) in [4.78, 5) is 2.25. The first-order valence-electron chi connectivity index (χ1n) is 19.0. The van der Waals surface area contributed by atoms with E-state index in [2.05, 4.69) is 118 Å². The molecule has 4 aliphatic carbocycles. The predicted molar refractivity (Wildman–Crippen MR) is 200 cm³/mol. The second-order valence-corrected chi connectivity index (χ2v) is 16.5. The van der Waals surface area contributed by atoms with Gasteiger partial charge >= 0.3 is 0 Å². The van der Waals surface area contributed by atoms with E-state index in [0.717, 1.165) is 48.3 Å². The van der Waals surface area contributed by atoms with E-state index in [4.69, 9.17) is 0 Å². The molecule has 0 aliphatic heterocycles. The molecule has 252 valence electrons. The lowest BCUT2D eigenvalue weighted by Crippen LogP contribution is -2.50. The minimum atomic E-state index is -0.0766. The summed E-state index contributed by atoms with van der Waals surface area (Å²) >= 11 is 0. The number of hydrogen-bond acceptors (Lipinski definition) is 2. The Bertz CT molecular complexity index is 1340. The number of nitrogens with zero attached hydrogens (tertiary/aromatic N) is 1. The average Bonchev–Trinajstić information content (AvgIpc) is 3.44. The maximum atomic E-state index is 10.2. The summed E-state index contributed by atoms with van der Waals surface area (Å²) in [5, 5.41) is 10.2. The van der Waals surface area contributed by atoms with E-state index in [0.29, 0.717) is 10.8 Å². The molecule has 3 fully saturated rings. The van der Waals surface area contributed by atoms with Crippen LogP contribution in [0.1, 0.15) is 105 Å². The van der Waals surface area contributed by atoms with E-state index in [-0.39, 0.29) is 6.10 Å². The molecule has 0 radical (unpaired) electrons. The van der Waals surface area contributed by atoms with E-state index in [1.54, 1.807) is 5.57 Å². The lowest BCUT2D eigenvalue weighted by molar-refractivity contribution is -0.0573. The van der Waals surface area contributed by atoms with Crippen LogP contribution in [0.4, 0.5) is 17.1 Å². The molecule has 3 saturated carbocycles. The summed E-state index contributed by atoms with van der Waals surface area (Å²) in [7, 11) is 0. The van der Waals surface area contributed by atoms with Gasteiger partial charge in [0.05, 0.1) is 6.10 Å². The Balaban J connectivity index is 0.000000177. The van der Waals surface area contributed by atoms with Gasteiger partial charge in [-0.15, -0.1) is 0 Å². The zero-order valence-corrected chi connectivity index (χ0v) is 30.0. The minimum Gasteiger partial charge on any atom is -0.393 e. The monoisotopic (exact) mass is 631 g/mol. The van der Waals surface area contributed by atoms with Crippen LogP contribution in [-0.2, 0) is 0 Å². The summed E-state index contributed by atoms with van der Waals surface area (Å²) in [5.74, 6) is 5.46. The summed E-state index contributed by atoms with van der Waals surface area (Å²) in [6, 6.07) is 31.3. The summed E-state index contributed by atoms with van der Waals surface area (Å²) in [6.45, 7) is 12.6. The molecule has 3 aromatic carbocycles. The maximum absolute atomic E-state index is 10.2. The maximum Gasteiger partial charge on any atom is 0.0577 e. The van der Waals surface area contributed by atoms with Crippen LogP contribution in [0, 0.1) is 46.3 Å². The van der Waals surface area contributed by atoms with Crippen molar-refractivity contribution in [2.75, 3.05) is 4.90 Å². The van der Waals surface area contributed by atoms with Gasteiger partial charge in [0.2, 0.25) is 0 Å². The molecule has 0 aromatic heterocycles. The highest BCUT2D eigenvalue weighted by molar-refractivity contribution is 5.76. The molecule has 1 unspecified atom stereocenters. The summed E-state index contributed by atoms with van der Waals surface area (Å²) in [5.41, 5.74) is 6.10. The summed E-state index contributed by atoms with van der Waals surface area (Å²) < 4.78 is 0. The van der Waals surface area contributed by atoms with Crippen LogP contribution in [0.3, 0.4) is 0 Å². The Labute approximate surface area is 286 Å². The largest absolute Gasteiger partial charge is 0.393 e. The second-order valence-electron chi connectivity index (χ2n) is 16.5. The second kappa shape index (κ2) is 14.7. The zero-order chi connectivity index (χ0) is 33.0. The Morgan fingerprint density at radius 3 is 1.83 bits per heavy atom. The van der Waals surface area contributed by atoms with Gasteiger partial charge in [0.15, 0.2) is 0 Å². The summed E-state index contributed by atoms with van der Waals surface area (Å²) in [6.07, 6.45) is 17.2. The third-order valence-electron chi connectivity index (χ3n) is 13.3. The molecule has 0 saturated heterocycles. The number of anilines is 3. The molecule has 47 heavy (non-hydrogen) atoms. The van der Waals surface area contributed by atoms with E-state index in [1.807, 2.05) is 18.2 Å². The first kappa shape index (κ1) is 34.0. The van der Waals surface area contributed by atoms with Gasteiger partial charge in [-0.05, 0) is 134 Å². The van der Waals surface area contributed by atoms with Crippen molar-refractivity contribution < 1.29 is 5.11 Å². The lowest BCUT2D eigenvalue weighted by Gasteiger charge is -2.58. The molecule has 1 N–H and O–H groups in total. The first-order chi connectivity index (χ1) is 22.7. The van der Waals surface area contributed by atoms with Crippen molar-refractivity contribution in [3.8, 4) is 0 Å². The standard InChI is InChI=1S/C27H46O.C18H15N/c1-18(2)7-6-8-19(3)23-11-12-24-22-10-9-20-17-21(28)13-15-26(20,4)25(22)14-16-27(23,24)5;1-4-10-16(11-5-1)19(17-12-6-2-7-13-17)18-14-8-3-9-15-18/h9,18-19,21-25,28H,6-8,10-17H2,1-5H3;1-15H/t19?,21-,22-,23+,24-,25-,26-,27+;/m0./s1. The molecule has 0 heterocycles. The highest BCUT2D eigenvalue weighted by Crippen LogP contribution is 2.67. The van der Waals surface area contributed by atoms with Crippen LogP contribution >= 0.6 is 0 Å². The number of hydrogen-bond donors (Lipinski definition) is 1. The molecular weight excluding hydrogens is 571 g/mol. The molecule has 0 bridgehead atoms. The predicted octanol–water partition coefficient (Wildman–Crippen LogP) is 12.5. The third kappa shape index (κ3) is 7.15. The van der Waals surface area contributed by atoms with Crippen molar-refractivity contribution >= 4 is 17.1 Å². The van der Waals surface area contributed by atoms with Gasteiger partial charge in [-0.3, -0.25) is 0 Å². The molecule has 0 amide bonds. The van der Waals surface area contributed by atoms with Crippen LogP contribution < -0.4 is 4.90 Å². The molecular formula is C45H61NO. The number of fused-ring (bicyclic) bond motifs is 5. The SMILES string of the molecule is CC(C)CCCC(C)[C@H]1CC[C@H]2[C@@H]3CC=C4C[C@@H](O)CC[C@]4(C)[C@H]3CC[C@]12C.c1ccc(N(c2ccccc2)c2ccccc2)cc1. The molecule has 7 rings (SSSR count). The van der Waals surface area contributed by atoms with Crippen molar-refractivity contribution in [3.63, 3.8) is 0 Å². The number of para-hydroxylation sites is 3. The van der Waals surface area contributed by atoms with Crippen molar-refractivity contribution in [2.45, 2.75) is 111 Å². The van der Waals surface area contributed by atoms with Gasteiger partial charge < -0.3 is 10.0 Å². The smallest absolute Gasteiger partial charge is 0.0577 e. The van der Waals surface area contributed by atoms with Crippen molar-refractivity contribution in [1.29, 1.82) is 0 Å². The number of aliphatic hydroxyl groups is 1. The number of rotatable bonds is 8. The van der Waals surface area contributed by atoms with E-state index in [9.17, 15) is 5.11 Å². The fourth-order valence-corrected chi connectivity index (χ4v) is 10.8.